The molecule has 0 radical (unpaired) electrons. The lowest BCUT2D eigenvalue weighted by Crippen LogP contribution is -2.27. The molecule has 0 N–H and O–H groups in total. The summed E-state index contributed by atoms with van der Waals surface area (Å²) in [7, 11) is 0. The van der Waals surface area contributed by atoms with Crippen LogP contribution in [0.25, 0.3) is 15.8 Å². The van der Waals surface area contributed by atoms with Crippen molar-refractivity contribution in [3.8, 4) is 6.07 Å². The Kier molecular flexibility index (Phi) is 13.9. The van der Waals surface area contributed by atoms with Crippen molar-refractivity contribution in [1.29, 1.82) is 5.26 Å². The zero-order valence-corrected chi connectivity index (χ0v) is 28.9. The second-order valence-corrected chi connectivity index (χ2v) is 11.7. The van der Waals surface area contributed by atoms with Crippen LogP contribution in [-0.2, 0) is 4.79 Å². The number of carbonyl (C=O) groups excluding carboxylic acids is 1. The van der Waals surface area contributed by atoms with Gasteiger partial charge in [-0.05, 0) is 85.5 Å². The van der Waals surface area contributed by atoms with Crippen molar-refractivity contribution < 1.29 is 4.79 Å². The Morgan fingerprint density at radius 2 is 1.24 bits per heavy atom. The van der Waals surface area contributed by atoms with E-state index in [0.717, 1.165) is 30.8 Å². The highest BCUT2D eigenvalue weighted by atomic mass is 16.2. The van der Waals surface area contributed by atoms with E-state index in [4.69, 9.17) is 13.1 Å². The van der Waals surface area contributed by atoms with Crippen LogP contribution in [-0.4, -0.2) is 30.4 Å². The smallest absolute Gasteiger partial charge is 0.274 e. The Hall–Kier alpha value is -6.18. The van der Waals surface area contributed by atoms with Crippen LogP contribution in [0, 0.1) is 24.5 Å². The zero-order chi connectivity index (χ0) is 35.7. The highest BCUT2D eigenvalue weighted by molar-refractivity contribution is 6.04. The molecule has 0 bridgehead atoms. The molecular weight excluding hydrogens is 623 g/mol. The first-order valence-electron chi connectivity index (χ1n) is 17.0. The average Bonchev–Trinajstić information content (AvgIpc) is 3.42. The van der Waals surface area contributed by atoms with Crippen LogP contribution < -0.4 is 4.90 Å². The van der Waals surface area contributed by atoms with E-state index in [9.17, 15) is 10.1 Å². The van der Waals surface area contributed by atoms with Crippen LogP contribution >= 0.6 is 0 Å². The van der Waals surface area contributed by atoms with E-state index < -0.39 is 0 Å². The van der Waals surface area contributed by atoms with Gasteiger partial charge in [-0.25, -0.2) is 15.0 Å². The molecule has 1 aliphatic heterocycles. The molecule has 1 heterocycles. The van der Waals surface area contributed by atoms with E-state index >= 15 is 0 Å². The lowest BCUT2D eigenvalue weighted by atomic mass is 10.1. The number of nitrogens with zero attached hydrogens (tertiary/aromatic N) is 9. The summed E-state index contributed by atoms with van der Waals surface area (Å²) in [5.74, 6) is -0.383. The maximum Gasteiger partial charge on any atom is 0.274 e. The van der Waals surface area contributed by atoms with Gasteiger partial charge < -0.3 is 9.80 Å². The number of benzene rings is 3. The summed E-state index contributed by atoms with van der Waals surface area (Å²) in [5, 5.41) is 26.9. The minimum atomic E-state index is -0.383. The van der Waals surface area contributed by atoms with Crippen molar-refractivity contribution in [2.45, 2.75) is 59.3 Å². The number of anilines is 1. The molecule has 0 atom stereocenters. The molecule has 0 aliphatic carbocycles. The number of nitriles is 1. The molecule has 252 valence electrons. The second-order valence-electron chi connectivity index (χ2n) is 11.7. The van der Waals surface area contributed by atoms with Gasteiger partial charge in [0.05, 0.1) is 47.7 Å². The van der Waals surface area contributed by atoms with Crippen molar-refractivity contribution in [3.05, 3.63) is 130 Å². The highest BCUT2D eigenvalue weighted by Gasteiger charge is 2.36. The summed E-state index contributed by atoms with van der Waals surface area (Å²) in [5.41, 5.74) is 4.84. The van der Waals surface area contributed by atoms with E-state index in [1.807, 2.05) is 61.5 Å². The number of azo groups is 2. The van der Waals surface area contributed by atoms with E-state index in [1.54, 1.807) is 24.3 Å². The summed E-state index contributed by atoms with van der Waals surface area (Å²) in [6.45, 7) is 23.9. The number of carbonyl (C=O) groups is 1. The van der Waals surface area contributed by atoms with Gasteiger partial charge in [-0.2, -0.15) is 20.5 Å². The van der Waals surface area contributed by atoms with Gasteiger partial charge in [-0.15, -0.1) is 0 Å². The van der Waals surface area contributed by atoms with Crippen LogP contribution in [0.5, 0.6) is 0 Å². The maximum absolute atomic E-state index is 13.2. The minimum absolute atomic E-state index is 0.0221. The molecule has 0 saturated carbocycles. The van der Waals surface area contributed by atoms with Crippen molar-refractivity contribution in [3.63, 3.8) is 0 Å². The van der Waals surface area contributed by atoms with Gasteiger partial charge >= 0.3 is 0 Å². The first kappa shape index (κ1) is 36.7. The predicted molar refractivity (Wildman–Crippen MR) is 198 cm³/mol. The number of allylic oxidation sites excluding steroid dienone is 1. The van der Waals surface area contributed by atoms with Crippen molar-refractivity contribution in [2.75, 3.05) is 24.5 Å². The third-order valence-electron chi connectivity index (χ3n) is 8.04. The quantitative estimate of drug-likeness (QED) is 0.0864. The number of hydrogen-bond donors (Lipinski definition) is 0. The molecule has 10 nitrogen and oxygen atoms in total. The molecule has 3 aromatic rings. The average molecular weight is 664 g/mol. The first-order valence-corrected chi connectivity index (χ1v) is 17.0. The van der Waals surface area contributed by atoms with Gasteiger partial charge in [0, 0.05) is 30.9 Å². The van der Waals surface area contributed by atoms with Crippen molar-refractivity contribution in [1.82, 2.24) is 4.90 Å². The lowest BCUT2D eigenvalue weighted by Gasteiger charge is -2.24. The molecule has 0 saturated heterocycles. The molecule has 1 aliphatic rings. The Balaban J connectivity index is 1.39. The number of unbranched alkanes of at least 4 members (excludes halogenated alkanes) is 3. The Bertz CT molecular complexity index is 1870. The summed E-state index contributed by atoms with van der Waals surface area (Å²) in [6, 6.07) is 24.7. The monoisotopic (exact) mass is 663 g/mol. The molecule has 0 aromatic heterocycles. The highest BCUT2D eigenvalue weighted by Crippen LogP contribution is 2.35. The third-order valence-corrected chi connectivity index (χ3v) is 8.04. The maximum atomic E-state index is 13.2. The largest absolute Gasteiger partial charge is 0.372 e. The number of rotatable bonds is 16. The normalized spacial score (nSPS) is 14.1. The van der Waals surface area contributed by atoms with E-state index in [1.165, 1.54) is 36.3 Å². The molecule has 0 unspecified atom stereocenters. The first-order chi connectivity index (χ1) is 24.5. The third kappa shape index (κ3) is 9.69. The van der Waals surface area contributed by atoms with Gasteiger partial charge in [0.15, 0.2) is 0 Å². The topological polar surface area (TPSA) is 105 Å². The van der Waals surface area contributed by atoms with E-state index in [2.05, 4.69) is 61.0 Å². The SMILES string of the molecule is [C-]#[N+]C1=C(/C=C/c2ccc(N=Nc3ccc(N=Nc4ccc(N(CCCC)CCCC)cc4)cc3)cc2)C(=O)N(CCCC)/C1=C(\C#N)[N+]#[C-]. The molecule has 0 spiro atoms. The van der Waals surface area contributed by atoms with Gasteiger partial charge in [0.2, 0.25) is 11.6 Å². The number of amides is 1. The van der Waals surface area contributed by atoms with Crippen molar-refractivity contribution >= 4 is 40.4 Å². The zero-order valence-electron chi connectivity index (χ0n) is 28.9. The second kappa shape index (κ2) is 19.0. The molecule has 0 fully saturated rings. The molecule has 3 aromatic carbocycles. The Morgan fingerprint density at radius 3 is 1.68 bits per heavy atom. The Morgan fingerprint density at radius 1 is 0.760 bits per heavy atom. The summed E-state index contributed by atoms with van der Waals surface area (Å²) in [4.78, 5) is 23.8. The predicted octanol–water partition coefficient (Wildman–Crippen LogP) is 11.4. The van der Waals surface area contributed by atoms with Gasteiger partial charge in [0.1, 0.15) is 0 Å². The van der Waals surface area contributed by atoms with Crippen LogP contribution in [0.15, 0.2) is 122 Å². The molecule has 10 heteroatoms. The summed E-state index contributed by atoms with van der Waals surface area (Å²) in [6.07, 6.45) is 9.51. The van der Waals surface area contributed by atoms with Gasteiger partial charge in [0.25, 0.3) is 5.70 Å². The van der Waals surface area contributed by atoms with E-state index in [-0.39, 0.29) is 28.6 Å². The Labute approximate surface area is 295 Å². The standard InChI is InChI=1S/C40H41N9O/c1-6-9-26-48(27-10-7-2)35-23-21-34(22-24-35)47-46-33-19-17-32(18-20-33)45-44-31-15-12-30(13-16-31)14-25-36-38(43-5)39(37(29-41)42-4)49(40(36)50)28-11-8-3/h12-25H,6-11,26-28H2,1-3H3/b25-14+,39-37+,45-44?,47-46?. The van der Waals surface area contributed by atoms with Crippen LogP contribution in [0.3, 0.4) is 0 Å². The van der Waals surface area contributed by atoms with Gasteiger partial charge in [-0.3, -0.25) is 4.79 Å². The minimum Gasteiger partial charge on any atom is -0.372 e. The molecule has 4 rings (SSSR count). The fourth-order valence-corrected chi connectivity index (χ4v) is 5.21. The van der Waals surface area contributed by atoms with Crippen LogP contribution in [0.4, 0.5) is 28.4 Å². The fourth-order valence-electron chi connectivity index (χ4n) is 5.21. The summed E-state index contributed by atoms with van der Waals surface area (Å²) < 4.78 is 0. The van der Waals surface area contributed by atoms with Crippen molar-refractivity contribution in [2.24, 2.45) is 20.5 Å². The summed E-state index contributed by atoms with van der Waals surface area (Å²) >= 11 is 0. The van der Waals surface area contributed by atoms with Crippen LogP contribution in [0.1, 0.15) is 64.9 Å². The number of hydrogen-bond acceptors (Lipinski definition) is 7. The lowest BCUT2D eigenvalue weighted by molar-refractivity contribution is -0.124. The molecule has 1 amide bonds. The molecular formula is C40H41N9O. The van der Waals surface area contributed by atoms with Crippen LogP contribution in [0.2, 0.25) is 0 Å². The van der Waals surface area contributed by atoms with E-state index in [0.29, 0.717) is 30.0 Å². The molecule has 50 heavy (non-hydrogen) atoms. The van der Waals surface area contributed by atoms with Gasteiger partial charge in [-0.1, -0.05) is 64.3 Å². The fraction of sp³-hybridized carbons (Fsp3) is 0.300.